The largest absolute Gasteiger partial charge is 0.326 e. The van der Waals surface area contributed by atoms with Crippen LogP contribution in [0.1, 0.15) is 25.3 Å². The number of nitrogens with zero attached hydrogens (tertiary/aromatic N) is 2. The third kappa shape index (κ3) is 4.46. The molecule has 0 aliphatic carbocycles. The van der Waals surface area contributed by atoms with E-state index in [1.165, 1.54) is 22.6 Å². The Kier molecular flexibility index (Phi) is 5.78. The van der Waals surface area contributed by atoms with Gasteiger partial charge in [-0.25, -0.2) is 13.4 Å². The first-order valence-corrected chi connectivity index (χ1v) is 12.1. The van der Waals surface area contributed by atoms with Gasteiger partial charge in [0.05, 0.1) is 15.1 Å². The van der Waals surface area contributed by atoms with Crippen molar-refractivity contribution in [2.75, 3.05) is 17.2 Å². The number of thiazole rings is 1. The summed E-state index contributed by atoms with van der Waals surface area (Å²) in [5.74, 6) is -0.567. The molecule has 162 valence electrons. The molecule has 0 spiro atoms. The van der Waals surface area contributed by atoms with Crippen LogP contribution in [0.4, 0.5) is 10.8 Å². The van der Waals surface area contributed by atoms with Crippen LogP contribution in [0.25, 0.3) is 10.2 Å². The molecule has 1 aliphatic rings. The highest BCUT2D eigenvalue weighted by Crippen LogP contribution is 2.31. The van der Waals surface area contributed by atoms with Gasteiger partial charge < -0.3 is 10.6 Å². The molecule has 0 radical (unpaired) electrons. The normalized spacial score (nSPS) is 17.0. The summed E-state index contributed by atoms with van der Waals surface area (Å²) >= 11 is 1.27. The van der Waals surface area contributed by atoms with E-state index in [0.29, 0.717) is 35.7 Å². The molecular weight excluding hydrogens is 436 g/mol. The third-order valence-corrected chi connectivity index (χ3v) is 7.93. The van der Waals surface area contributed by atoms with Crippen molar-refractivity contribution in [3.63, 3.8) is 0 Å². The second-order valence-corrected chi connectivity index (χ2v) is 10.4. The molecule has 31 heavy (non-hydrogen) atoms. The number of nitrogens with one attached hydrogen (secondary N) is 2. The molecule has 1 fully saturated rings. The van der Waals surface area contributed by atoms with Crippen molar-refractivity contribution in [3.05, 3.63) is 48.0 Å². The predicted octanol–water partition coefficient (Wildman–Crippen LogP) is 3.35. The van der Waals surface area contributed by atoms with Crippen molar-refractivity contribution < 1.29 is 18.0 Å². The highest BCUT2D eigenvalue weighted by atomic mass is 32.2. The minimum absolute atomic E-state index is 0.173. The Hall–Kier alpha value is -2.82. The number of fused-ring (bicyclic) bond motifs is 1. The van der Waals surface area contributed by atoms with E-state index in [4.69, 9.17) is 0 Å². The van der Waals surface area contributed by atoms with E-state index < -0.39 is 22.0 Å². The Bertz CT molecular complexity index is 1250. The lowest BCUT2D eigenvalue weighted by Crippen LogP contribution is -2.43. The number of carbonyl (C=O) groups excluding carboxylic acids is 2. The number of hydrogen-bond donors (Lipinski definition) is 2. The number of aromatic nitrogens is 1. The lowest BCUT2D eigenvalue weighted by Gasteiger charge is -2.23. The van der Waals surface area contributed by atoms with Gasteiger partial charge in [-0.15, -0.1) is 0 Å². The highest BCUT2D eigenvalue weighted by molar-refractivity contribution is 7.89. The van der Waals surface area contributed by atoms with Crippen LogP contribution in [0.3, 0.4) is 0 Å². The van der Waals surface area contributed by atoms with Crippen molar-refractivity contribution >= 4 is 54.2 Å². The number of sulfonamides is 1. The van der Waals surface area contributed by atoms with E-state index in [1.54, 1.807) is 42.5 Å². The number of amides is 2. The van der Waals surface area contributed by atoms with Crippen molar-refractivity contribution in [3.8, 4) is 0 Å². The zero-order valence-corrected chi connectivity index (χ0v) is 18.7. The molecule has 2 aromatic carbocycles. The van der Waals surface area contributed by atoms with E-state index in [-0.39, 0.29) is 10.8 Å². The van der Waals surface area contributed by atoms with Gasteiger partial charge in [-0.3, -0.25) is 9.59 Å². The average molecular weight is 459 g/mol. The lowest BCUT2D eigenvalue weighted by molar-refractivity contribution is -0.119. The molecule has 1 unspecified atom stereocenters. The summed E-state index contributed by atoms with van der Waals surface area (Å²) in [6.07, 6.45) is 1.07. The molecular formula is C21H22N4O4S2. The molecule has 1 saturated heterocycles. The molecule has 8 nitrogen and oxygen atoms in total. The average Bonchev–Trinajstić information content (AvgIpc) is 3.34. The summed E-state index contributed by atoms with van der Waals surface area (Å²) in [6.45, 7) is 3.62. The number of rotatable bonds is 5. The van der Waals surface area contributed by atoms with Gasteiger partial charge in [0.25, 0.3) is 0 Å². The first-order chi connectivity index (χ1) is 14.7. The van der Waals surface area contributed by atoms with Crippen molar-refractivity contribution in [1.29, 1.82) is 0 Å². The molecule has 2 amide bonds. The predicted molar refractivity (Wildman–Crippen MR) is 121 cm³/mol. The molecule has 1 aliphatic heterocycles. The Labute approximate surface area is 184 Å². The van der Waals surface area contributed by atoms with Gasteiger partial charge in [-0.05, 0) is 50.1 Å². The fraction of sp³-hybridized carbons (Fsp3) is 0.286. The van der Waals surface area contributed by atoms with Gasteiger partial charge in [0.1, 0.15) is 6.04 Å². The minimum atomic E-state index is -3.77. The molecule has 0 bridgehead atoms. The van der Waals surface area contributed by atoms with Crippen LogP contribution >= 0.6 is 11.3 Å². The van der Waals surface area contributed by atoms with Crippen molar-refractivity contribution in [1.82, 2.24) is 9.29 Å². The minimum Gasteiger partial charge on any atom is -0.326 e. The zero-order valence-electron chi connectivity index (χ0n) is 17.1. The van der Waals surface area contributed by atoms with Gasteiger partial charge in [-0.1, -0.05) is 29.0 Å². The number of carbonyl (C=O) groups is 2. The Balaban J connectivity index is 1.53. The summed E-state index contributed by atoms with van der Waals surface area (Å²) in [4.78, 5) is 28.8. The quantitative estimate of drug-likeness (QED) is 0.609. The summed E-state index contributed by atoms with van der Waals surface area (Å²) in [5, 5.41) is 5.87. The topological polar surface area (TPSA) is 108 Å². The highest BCUT2D eigenvalue weighted by Gasteiger charge is 2.39. The lowest BCUT2D eigenvalue weighted by atomic mass is 10.2. The van der Waals surface area contributed by atoms with Crippen molar-refractivity contribution in [2.24, 2.45) is 0 Å². The maximum atomic E-state index is 13.1. The van der Waals surface area contributed by atoms with Gasteiger partial charge in [0, 0.05) is 19.2 Å². The number of hydrogen-bond acceptors (Lipinski definition) is 6. The van der Waals surface area contributed by atoms with E-state index in [9.17, 15) is 18.0 Å². The van der Waals surface area contributed by atoms with Crippen LogP contribution in [-0.2, 0) is 19.6 Å². The molecule has 2 heterocycles. The number of aryl methyl sites for hydroxylation is 1. The Morgan fingerprint density at radius 1 is 1.13 bits per heavy atom. The summed E-state index contributed by atoms with van der Waals surface area (Å²) in [5.41, 5.74) is 2.30. The van der Waals surface area contributed by atoms with Gasteiger partial charge in [-0.2, -0.15) is 4.31 Å². The maximum absolute atomic E-state index is 13.1. The van der Waals surface area contributed by atoms with Crippen LogP contribution < -0.4 is 10.6 Å². The van der Waals surface area contributed by atoms with Gasteiger partial charge in [0.2, 0.25) is 21.8 Å². The molecule has 4 rings (SSSR count). The van der Waals surface area contributed by atoms with Gasteiger partial charge >= 0.3 is 0 Å². The molecule has 1 atom stereocenters. The fourth-order valence-corrected chi connectivity index (χ4v) is 6.15. The number of benzene rings is 2. The third-order valence-electron chi connectivity index (χ3n) is 5.07. The van der Waals surface area contributed by atoms with Crippen LogP contribution in [0.15, 0.2) is 47.4 Å². The fourth-order valence-electron chi connectivity index (χ4n) is 3.58. The van der Waals surface area contributed by atoms with Crippen LogP contribution in [-0.4, -0.2) is 42.1 Å². The molecule has 3 aromatic rings. The van der Waals surface area contributed by atoms with E-state index in [1.807, 2.05) is 6.92 Å². The summed E-state index contributed by atoms with van der Waals surface area (Å²) < 4.78 is 28.2. The Morgan fingerprint density at radius 3 is 2.58 bits per heavy atom. The second-order valence-electron chi connectivity index (χ2n) is 7.46. The van der Waals surface area contributed by atoms with Crippen molar-refractivity contribution in [2.45, 2.75) is 37.6 Å². The van der Waals surface area contributed by atoms with E-state index in [2.05, 4.69) is 15.6 Å². The Morgan fingerprint density at radius 2 is 1.87 bits per heavy atom. The molecule has 1 aromatic heterocycles. The molecule has 2 N–H and O–H groups in total. The standard InChI is InChI=1S/C21H22N4O4S2/c1-13-5-8-16(9-6-13)31(28,29)25-11-3-4-18(25)20(27)24-21-23-17-10-7-15(22-14(2)26)12-19(17)30-21/h5-10,12,18H,3-4,11H2,1-2H3,(H,22,26)(H,23,24,27). The van der Waals surface area contributed by atoms with Crippen LogP contribution in [0.5, 0.6) is 0 Å². The smallest absolute Gasteiger partial charge is 0.244 e. The summed E-state index contributed by atoms with van der Waals surface area (Å²) in [7, 11) is -3.77. The zero-order chi connectivity index (χ0) is 22.2. The second kappa shape index (κ2) is 8.37. The SMILES string of the molecule is CC(=O)Nc1ccc2nc(NC(=O)C3CCCN3S(=O)(=O)c3ccc(C)cc3)sc2c1. The van der Waals surface area contributed by atoms with E-state index >= 15 is 0 Å². The van der Waals surface area contributed by atoms with Crippen LogP contribution in [0, 0.1) is 6.92 Å². The monoisotopic (exact) mass is 458 g/mol. The maximum Gasteiger partial charge on any atom is 0.244 e. The number of anilines is 2. The van der Waals surface area contributed by atoms with Gasteiger partial charge in [0.15, 0.2) is 5.13 Å². The van der Waals surface area contributed by atoms with E-state index in [0.717, 1.165) is 10.3 Å². The molecule has 0 saturated carbocycles. The summed E-state index contributed by atoms with van der Waals surface area (Å²) in [6, 6.07) is 11.1. The first-order valence-electron chi connectivity index (χ1n) is 9.81. The molecule has 10 heteroatoms. The first kappa shape index (κ1) is 21.4. The van der Waals surface area contributed by atoms with Crippen LogP contribution in [0.2, 0.25) is 0 Å².